The van der Waals surface area contributed by atoms with Crippen LogP contribution in [0.2, 0.25) is 0 Å². The Morgan fingerprint density at radius 2 is 1.85 bits per heavy atom. The maximum atomic E-state index is 14.8. The van der Waals surface area contributed by atoms with Crippen LogP contribution in [0.4, 0.5) is 4.39 Å². The van der Waals surface area contributed by atoms with Crippen molar-refractivity contribution >= 4 is 0 Å². The van der Waals surface area contributed by atoms with Gasteiger partial charge in [-0.3, -0.25) is 0 Å². The van der Waals surface area contributed by atoms with E-state index in [0.29, 0.717) is 0 Å². The maximum absolute atomic E-state index is 14.8. The van der Waals surface area contributed by atoms with Crippen LogP contribution in [0.25, 0.3) is 16.8 Å². The summed E-state index contributed by atoms with van der Waals surface area (Å²) in [5.74, 6) is 0. The van der Waals surface area contributed by atoms with E-state index in [1.807, 2.05) is 23.9 Å². The normalized spacial score (nSPS) is 17.9. The monoisotopic (exact) mass is 362 g/mol. The van der Waals surface area contributed by atoms with Crippen LogP contribution in [0.5, 0.6) is 0 Å². The lowest BCUT2D eigenvalue weighted by molar-refractivity contribution is 0.213. The molecule has 1 aromatic heterocycles. The van der Waals surface area contributed by atoms with Gasteiger partial charge in [0.15, 0.2) is 0 Å². The predicted molar refractivity (Wildman–Crippen MR) is 109 cm³/mol. The molecule has 3 aromatic rings. The van der Waals surface area contributed by atoms with E-state index >= 15 is 0 Å². The van der Waals surface area contributed by atoms with Crippen molar-refractivity contribution in [2.45, 2.75) is 58.0 Å². The molecule has 27 heavy (non-hydrogen) atoms. The van der Waals surface area contributed by atoms with Gasteiger partial charge in [0.25, 0.3) is 0 Å². The van der Waals surface area contributed by atoms with Gasteiger partial charge in [0.2, 0.25) is 0 Å². The zero-order chi connectivity index (χ0) is 19.4. The maximum Gasteiger partial charge on any atom is 0.107 e. The molecule has 0 fully saturated rings. The third-order valence-electron chi connectivity index (χ3n) is 6.68. The van der Waals surface area contributed by atoms with Gasteiger partial charge in [0, 0.05) is 23.2 Å². The highest BCUT2D eigenvalue weighted by Gasteiger charge is 2.40. The van der Waals surface area contributed by atoms with E-state index in [4.69, 9.17) is 0 Å². The van der Waals surface area contributed by atoms with Crippen molar-refractivity contribution in [1.29, 1.82) is 0 Å². The Labute approximate surface area is 161 Å². The van der Waals surface area contributed by atoms with E-state index in [-0.39, 0.29) is 5.41 Å². The van der Waals surface area contributed by atoms with Gasteiger partial charge in [-0.25, -0.2) is 9.07 Å². The number of rotatable bonds is 4. The molecule has 3 heteroatoms. The minimum Gasteiger partial charge on any atom is -0.247 e. The summed E-state index contributed by atoms with van der Waals surface area (Å²) in [6, 6.07) is 14.9. The molecule has 0 bridgehead atoms. The number of benzene rings is 2. The minimum atomic E-state index is -0.959. The number of fused-ring (bicyclic) bond motifs is 3. The van der Waals surface area contributed by atoms with Crippen molar-refractivity contribution in [2.75, 3.05) is 0 Å². The van der Waals surface area contributed by atoms with Gasteiger partial charge in [0.05, 0.1) is 5.69 Å². The molecule has 2 atom stereocenters. The van der Waals surface area contributed by atoms with Gasteiger partial charge in [0.1, 0.15) is 6.17 Å². The van der Waals surface area contributed by atoms with Gasteiger partial charge in [-0.15, -0.1) is 0 Å². The quantitative estimate of drug-likeness (QED) is 0.540. The molecule has 0 spiro atoms. The summed E-state index contributed by atoms with van der Waals surface area (Å²) in [6.45, 7) is 10.3. The first-order valence-corrected chi connectivity index (χ1v) is 9.73. The summed E-state index contributed by atoms with van der Waals surface area (Å²) in [5.41, 5.74) is 6.44. The Kier molecular flexibility index (Phi) is 4.03. The smallest absolute Gasteiger partial charge is 0.107 e. The first-order chi connectivity index (χ1) is 12.8. The van der Waals surface area contributed by atoms with Gasteiger partial charge in [-0.05, 0) is 59.4 Å². The van der Waals surface area contributed by atoms with Crippen molar-refractivity contribution in [3.05, 3.63) is 71.5 Å². The van der Waals surface area contributed by atoms with Crippen LogP contribution < -0.4 is 0 Å². The average Bonchev–Trinajstić information content (AvgIpc) is 3.27. The second kappa shape index (κ2) is 6.05. The molecule has 0 amide bonds. The van der Waals surface area contributed by atoms with E-state index in [1.54, 1.807) is 13.1 Å². The summed E-state index contributed by atoms with van der Waals surface area (Å²) >= 11 is 0. The molecule has 0 aliphatic heterocycles. The zero-order valence-electron chi connectivity index (χ0n) is 16.8. The fraction of sp³-hybridized carbons (Fsp3) is 0.375. The van der Waals surface area contributed by atoms with Crippen molar-refractivity contribution in [3.63, 3.8) is 0 Å². The first kappa shape index (κ1) is 18.0. The van der Waals surface area contributed by atoms with E-state index in [1.165, 1.54) is 22.3 Å². The van der Waals surface area contributed by atoms with Gasteiger partial charge >= 0.3 is 0 Å². The van der Waals surface area contributed by atoms with Crippen molar-refractivity contribution in [2.24, 2.45) is 0 Å². The molecular formula is C24H27FN2. The molecule has 1 aliphatic carbocycles. The third kappa shape index (κ3) is 2.48. The Hall–Kier alpha value is -2.42. The van der Waals surface area contributed by atoms with Crippen molar-refractivity contribution in [3.8, 4) is 16.8 Å². The lowest BCUT2D eigenvalue weighted by Gasteiger charge is -2.33. The zero-order valence-corrected chi connectivity index (χ0v) is 16.8. The highest BCUT2D eigenvalue weighted by atomic mass is 19.1. The number of alkyl halides is 1. The Morgan fingerprint density at radius 3 is 2.48 bits per heavy atom. The number of nitrogens with zero attached hydrogens (tertiary/aromatic N) is 2. The SMILES string of the molecule is CCC(C)(c1cc2c(cc1-n1cccn1)C(C)(C)c1ccccc1-2)[C@@H](C)F. The topological polar surface area (TPSA) is 17.8 Å². The fourth-order valence-electron chi connectivity index (χ4n) is 4.48. The third-order valence-corrected chi connectivity index (χ3v) is 6.68. The van der Waals surface area contributed by atoms with E-state index in [0.717, 1.165) is 17.7 Å². The van der Waals surface area contributed by atoms with Gasteiger partial charge < -0.3 is 0 Å². The molecule has 1 aliphatic rings. The van der Waals surface area contributed by atoms with E-state index in [2.05, 4.69) is 62.3 Å². The van der Waals surface area contributed by atoms with Crippen molar-refractivity contribution < 1.29 is 4.39 Å². The molecule has 0 saturated heterocycles. The summed E-state index contributed by atoms with van der Waals surface area (Å²) in [6.07, 6.45) is 3.49. The molecule has 1 unspecified atom stereocenters. The number of halogens is 1. The second-order valence-electron chi connectivity index (χ2n) is 8.42. The second-order valence-corrected chi connectivity index (χ2v) is 8.42. The van der Waals surface area contributed by atoms with Gasteiger partial charge in [-0.2, -0.15) is 5.10 Å². The fourth-order valence-corrected chi connectivity index (χ4v) is 4.48. The lowest BCUT2D eigenvalue weighted by atomic mass is 9.74. The molecular weight excluding hydrogens is 335 g/mol. The first-order valence-electron chi connectivity index (χ1n) is 9.73. The van der Waals surface area contributed by atoms with E-state index < -0.39 is 11.6 Å². The summed E-state index contributed by atoms with van der Waals surface area (Å²) in [4.78, 5) is 0. The molecule has 4 rings (SSSR count). The largest absolute Gasteiger partial charge is 0.247 e. The Bertz CT molecular complexity index is 986. The lowest BCUT2D eigenvalue weighted by Crippen LogP contribution is -2.32. The Balaban J connectivity index is 2.07. The predicted octanol–water partition coefficient (Wildman–Crippen LogP) is 6.20. The molecule has 0 radical (unpaired) electrons. The standard InChI is InChI=1S/C24H27FN2/c1-6-24(5,16(2)25)21-14-18-17-10-7-8-11-19(17)23(3,4)20(18)15-22(21)27-13-9-12-26-27/h7-16H,6H2,1-5H3/t16-,24?/m1/s1. The molecule has 140 valence electrons. The van der Waals surface area contributed by atoms with Crippen molar-refractivity contribution in [1.82, 2.24) is 9.78 Å². The van der Waals surface area contributed by atoms with Crippen LogP contribution in [0, 0.1) is 0 Å². The number of hydrogen-bond acceptors (Lipinski definition) is 1. The van der Waals surface area contributed by atoms with E-state index in [9.17, 15) is 4.39 Å². The average molecular weight is 362 g/mol. The van der Waals surface area contributed by atoms with Crippen LogP contribution in [0.3, 0.4) is 0 Å². The number of hydrogen-bond donors (Lipinski definition) is 0. The van der Waals surface area contributed by atoms with Crippen LogP contribution in [0.1, 0.15) is 57.7 Å². The molecule has 2 nitrogen and oxygen atoms in total. The summed E-state index contributed by atoms with van der Waals surface area (Å²) < 4.78 is 16.7. The van der Waals surface area contributed by atoms with Crippen LogP contribution in [0.15, 0.2) is 54.9 Å². The molecule has 2 aromatic carbocycles. The number of aromatic nitrogens is 2. The molecule has 1 heterocycles. The Morgan fingerprint density at radius 1 is 1.11 bits per heavy atom. The molecule has 0 saturated carbocycles. The van der Waals surface area contributed by atoms with Crippen LogP contribution in [-0.2, 0) is 10.8 Å². The molecule has 0 N–H and O–H groups in total. The summed E-state index contributed by atoms with van der Waals surface area (Å²) in [7, 11) is 0. The summed E-state index contributed by atoms with van der Waals surface area (Å²) in [5, 5.41) is 4.47. The minimum absolute atomic E-state index is 0.0870. The highest BCUT2D eigenvalue weighted by Crippen LogP contribution is 2.51. The highest BCUT2D eigenvalue weighted by molar-refractivity contribution is 5.82. The van der Waals surface area contributed by atoms with Crippen LogP contribution >= 0.6 is 0 Å². The van der Waals surface area contributed by atoms with Crippen LogP contribution in [-0.4, -0.2) is 16.0 Å². The van der Waals surface area contributed by atoms with Gasteiger partial charge in [-0.1, -0.05) is 52.0 Å².